The molecule has 5 rings (SSSR count). The molecule has 4 aliphatic rings. The van der Waals surface area contributed by atoms with E-state index in [-0.39, 0.29) is 34.9 Å². The number of carbonyl (C=O) groups excluding carboxylic acids is 6. The molecule has 0 aliphatic carbocycles. The van der Waals surface area contributed by atoms with Gasteiger partial charge in [0.15, 0.2) is 15.6 Å². The highest BCUT2D eigenvalue weighted by atomic mass is 32.2. The molecule has 5 heterocycles. The number of fused-ring (bicyclic) bond motifs is 2. The fourth-order valence-corrected chi connectivity index (χ4v) is 8.80. The van der Waals surface area contributed by atoms with E-state index < -0.39 is 86.6 Å². The van der Waals surface area contributed by atoms with Crippen molar-refractivity contribution in [2.45, 2.75) is 47.8 Å². The first kappa shape index (κ1) is 31.8. The van der Waals surface area contributed by atoms with Crippen LogP contribution in [0.5, 0.6) is 0 Å². The Morgan fingerprint density at radius 2 is 1.93 bits per heavy atom. The highest BCUT2D eigenvalue weighted by molar-refractivity contribution is 8.00. The molecule has 20 heteroatoms. The summed E-state index contributed by atoms with van der Waals surface area (Å²) in [6.07, 6.45) is -0.0795. The van der Waals surface area contributed by atoms with E-state index in [4.69, 9.17) is 29.2 Å². The Labute approximate surface area is 259 Å². The largest absolute Gasteiger partial charge is 0.462 e. The lowest BCUT2D eigenvalue weighted by molar-refractivity contribution is -0.175. The molecule has 242 valence electrons. The van der Waals surface area contributed by atoms with Gasteiger partial charge in [0.25, 0.3) is 11.8 Å². The Morgan fingerprint density at radius 1 is 1.20 bits per heavy atom. The van der Waals surface area contributed by atoms with E-state index in [9.17, 15) is 37.2 Å². The SMILES string of the molecule is CO/N=C(/C(=O)NC1C(=O)N2C(C(=O)OCOC(=O)C3N4C(=O)CC4S(=O)(=O)C3(C)C)=C(COC(N)=O)CSC12)c1ccco1. The van der Waals surface area contributed by atoms with Crippen molar-refractivity contribution in [3.05, 3.63) is 35.4 Å². The van der Waals surface area contributed by atoms with Crippen LogP contribution in [0.2, 0.25) is 0 Å². The predicted molar refractivity (Wildman–Crippen MR) is 149 cm³/mol. The number of ether oxygens (including phenoxy) is 3. The minimum Gasteiger partial charge on any atom is -0.462 e. The molecule has 0 bridgehead atoms. The Morgan fingerprint density at radius 3 is 2.56 bits per heavy atom. The maximum Gasteiger partial charge on any atom is 0.404 e. The van der Waals surface area contributed by atoms with E-state index in [2.05, 4.69) is 10.5 Å². The van der Waals surface area contributed by atoms with Gasteiger partial charge in [-0.15, -0.1) is 11.8 Å². The second kappa shape index (κ2) is 11.7. The van der Waals surface area contributed by atoms with Crippen LogP contribution in [0.4, 0.5) is 4.79 Å². The van der Waals surface area contributed by atoms with Crippen LogP contribution in [0.1, 0.15) is 26.0 Å². The first-order chi connectivity index (χ1) is 21.2. The monoisotopic (exact) mass is 669 g/mol. The summed E-state index contributed by atoms with van der Waals surface area (Å²) in [5.74, 6) is -4.20. The zero-order valence-corrected chi connectivity index (χ0v) is 25.5. The Bertz CT molecular complexity index is 1640. The van der Waals surface area contributed by atoms with Crippen molar-refractivity contribution in [2.24, 2.45) is 10.9 Å². The van der Waals surface area contributed by atoms with Crippen LogP contribution in [0.15, 0.2) is 39.2 Å². The number of rotatable bonds is 10. The summed E-state index contributed by atoms with van der Waals surface area (Å²) in [5.41, 5.74) is 4.63. The third-order valence-electron chi connectivity index (χ3n) is 7.66. The van der Waals surface area contributed by atoms with Gasteiger partial charge in [-0.25, -0.2) is 22.8 Å². The lowest BCUT2D eigenvalue weighted by Crippen LogP contribution is -2.71. The molecule has 4 amide bonds. The van der Waals surface area contributed by atoms with Crippen LogP contribution >= 0.6 is 11.8 Å². The van der Waals surface area contributed by atoms with Crippen LogP contribution in [0, 0.1) is 0 Å². The normalized spacial score (nSPS) is 26.2. The number of hydrogen-bond donors (Lipinski definition) is 2. The number of nitrogens with zero attached hydrogens (tertiary/aromatic N) is 3. The molecule has 0 radical (unpaired) electrons. The van der Waals surface area contributed by atoms with Gasteiger partial charge in [0.05, 0.1) is 17.4 Å². The number of esters is 2. The van der Waals surface area contributed by atoms with Gasteiger partial charge in [-0.1, -0.05) is 5.16 Å². The third-order valence-corrected chi connectivity index (χ3v) is 11.8. The van der Waals surface area contributed by atoms with E-state index in [0.717, 1.165) is 21.6 Å². The molecule has 0 saturated carbocycles. The summed E-state index contributed by atoms with van der Waals surface area (Å²) in [6, 6.07) is 0.403. The van der Waals surface area contributed by atoms with E-state index in [1.54, 1.807) is 0 Å². The minimum atomic E-state index is -3.88. The zero-order chi connectivity index (χ0) is 32.8. The van der Waals surface area contributed by atoms with Gasteiger partial charge < -0.3 is 39.4 Å². The van der Waals surface area contributed by atoms with Crippen LogP contribution < -0.4 is 11.1 Å². The summed E-state index contributed by atoms with van der Waals surface area (Å²) in [5, 5.41) is 4.24. The number of nitrogens with two attached hydrogens (primary N) is 1. The lowest BCUT2D eigenvalue weighted by atomic mass is 9.98. The standard InChI is InChI=1S/C25H27N5O13S2/c1-25(2)18(29-13(31)7-14(29)45(25,37)38)23(35)43-10-42-22(34)17-11(8-41-24(26)36)9-44-21-16(20(33)30(17)21)27-19(32)15(28-39-3)12-5-4-6-40-12/h4-6,14,16,18,21H,7-10H2,1-3H3,(H2,26,36)(H,27,32)/b28-15+. The van der Waals surface area contributed by atoms with Crippen LogP contribution in [-0.4, -0.2) is 114 Å². The number of primary amides is 1. The number of hydrogen-bond acceptors (Lipinski definition) is 15. The summed E-state index contributed by atoms with van der Waals surface area (Å²) in [4.78, 5) is 82.3. The Hall–Kier alpha value is -4.59. The van der Waals surface area contributed by atoms with Crippen LogP contribution in [0.25, 0.3) is 0 Å². The zero-order valence-electron chi connectivity index (χ0n) is 23.9. The molecular weight excluding hydrogens is 642 g/mol. The van der Waals surface area contributed by atoms with Crippen molar-refractivity contribution in [1.82, 2.24) is 15.1 Å². The van der Waals surface area contributed by atoms with Crippen LogP contribution in [-0.2, 0) is 52.9 Å². The summed E-state index contributed by atoms with van der Waals surface area (Å²) in [7, 11) is -2.66. The number of oxime groups is 1. The van der Waals surface area contributed by atoms with Gasteiger partial charge in [0.1, 0.15) is 42.2 Å². The molecule has 3 saturated heterocycles. The first-order valence-corrected chi connectivity index (χ1v) is 15.7. The number of sulfone groups is 1. The van der Waals surface area contributed by atoms with E-state index in [1.165, 1.54) is 39.4 Å². The minimum absolute atomic E-state index is 0.0438. The van der Waals surface area contributed by atoms with Crippen molar-refractivity contribution in [2.75, 3.05) is 26.3 Å². The topological polar surface area (TPSA) is 244 Å². The molecule has 1 aromatic heterocycles. The second-order valence-corrected chi connectivity index (χ2v) is 14.3. The molecule has 4 atom stereocenters. The maximum atomic E-state index is 13.2. The smallest absolute Gasteiger partial charge is 0.404 e. The average molecular weight is 670 g/mol. The predicted octanol–water partition coefficient (Wildman–Crippen LogP) is -1.44. The molecule has 0 aromatic carbocycles. The second-order valence-electron chi connectivity index (χ2n) is 10.5. The molecule has 3 fully saturated rings. The molecule has 45 heavy (non-hydrogen) atoms. The van der Waals surface area contributed by atoms with Crippen molar-refractivity contribution in [3.8, 4) is 0 Å². The number of thioether (sulfide) groups is 1. The van der Waals surface area contributed by atoms with Crippen molar-refractivity contribution in [1.29, 1.82) is 0 Å². The van der Waals surface area contributed by atoms with E-state index in [1.807, 2.05) is 0 Å². The number of β-lactam (4-membered cyclic amide) rings is 2. The van der Waals surface area contributed by atoms with Crippen molar-refractivity contribution in [3.63, 3.8) is 0 Å². The molecule has 3 N–H and O–H groups in total. The molecule has 0 spiro atoms. The third kappa shape index (κ3) is 5.26. The molecule has 1 aromatic rings. The fraction of sp³-hybridized carbons (Fsp3) is 0.480. The molecule has 4 aliphatic heterocycles. The van der Waals surface area contributed by atoms with Gasteiger partial charge in [-0.05, 0) is 26.0 Å². The fourth-order valence-electron chi connectivity index (χ4n) is 5.35. The van der Waals surface area contributed by atoms with Crippen molar-refractivity contribution < 1.29 is 60.7 Å². The Kier molecular flexibility index (Phi) is 8.29. The van der Waals surface area contributed by atoms with Gasteiger partial charge in [-0.2, -0.15) is 0 Å². The van der Waals surface area contributed by atoms with Crippen LogP contribution in [0.3, 0.4) is 0 Å². The van der Waals surface area contributed by atoms with Gasteiger partial charge in [0, 0.05) is 11.3 Å². The molecule has 18 nitrogen and oxygen atoms in total. The number of amides is 4. The highest BCUT2D eigenvalue weighted by Gasteiger charge is 2.68. The molecule has 4 unspecified atom stereocenters. The number of nitrogens with one attached hydrogen (secondary N) is 1. The molecular formula is C25H27N5O13S2. The summed E-state index contributed by atoms with van der Waals surface area (Å²) in [6.45, 7) is 1.12. The average Bonchev–Trinajstić information content (AvgIpc) is 3.55. The van der Waals surface area contributed by atoms with E-state index >= 15 is 0 Å². The first-order valence-electron chi connectivity index (χ1n) is 13.2. The Balaban J connectivity index is 1.28. The maximum absolute atomic E-state index is 13.2. The summed E-state index contributed by atoms with van der Waals surface area (Å²) < 4.78 is 44.1. The van der Waals surface area contributed by atoms with Crippen molar-refractivity contribution >= 4 is 63.1 Å². The van der Waals surface area contributed by atoms with Gasteiger partial charge >= 0.3 is 18.0 Å². The van der Waals surface area contributed by atoms with E-state index in [0.29, 0.717) is 0 Å². The number of furan rings is 1. The quantitative estimate of drug-likeness (QED) is 0.0953. The van der Waals surface area contributed by atoms with Gasteiger partial charge in [-0.3, -0.25) is 19.3 Å². The number of carbonyl (C=O) groups is 6. The lowest BCUT2D eigenvalue weighted by Gasteiger charge is -2.49. The van der Waals surface area contributed by atoms with Gasteiger partial charge in [0.2, 0.25) is 18.4 Å². The highest BCUT2D eigenvalue weighted by Crippen LogP contribution is 2.46. The summed E-state index contributed by atoms with van der Waals surface area (Å²) >= 11 is 1.14.